The largest absolute Gasteiger partial charge is 0.493 e. The van der Waals surface area contributed by atoms with Crippen LogP contribution in [0.4, 0.5) is 4.39 Å². The van der Waals surface area contributed by atoms with Crippen LogP contribution in [0.5, 0.6) is 5.75 Å². The lowest BCUT2D eigenvalue weighted by Crippen LogP contribution is -2.59. The number of nitrogens with one attached hydrogen (secondary N) is 2. The molecule has 0 spiro atoms. The van der Waals surface area contributed by atoms with E-state index in [1.165, 1.54) is 23.3 Å². The molecule has 2 fully saturated rings. The van der Waals surface area contributed by atoms with E-state index in [1.807, 2.05) is 32.0 Å². The first kappa shape index (κ1) is 37.2. The van der Waals surface area contributed by atoms with Gasteiger partial charge in [-0.2, -0.15) is 0 Å². The van der Waals surface area contributed by atoms with Gasteiger partial charge in [0.15, 0.2) is 5.67 Å². The predicted octanol–water partition coefficient (Wildman–Crippen LogP) is 4.79. The first-order chi connectivity index (χ1) is 22.6. The second kappa shape index (κ2) is 15.8. The number of thiazole rings is 1. The molecule has 1 aromatic heterocycles. The van der Waals surface area contributed by atoms with E-state index in [4.69, 9.17) is 9.47 Å². The minimum absolute atomic E-state index is 0.0328. The Kier molecular flexibility index (Phi) is 12.2. The van der Waals surface area contributed by atoms with Crippen LogP contribution >= 0.6 is 11.3 Å². The highest BCUT2D eigenvalue weighted by Gasteiger charge is 2.53. The Morgan fingerprint density at radius 1 is 1.15 bits per heavy atom. The van der Waals surface area contributed by atoms with Gasteiger partial charge in [-0.3, -0.25) is 19.2 Å². The van der Waals surface area contributed by atoms with Crippen molar-refractivity contribution in [2.45, 2.75) is 116 Å². The molecule has 0 radical (unpaired) electrons. The zero-order valence-electron chi connectivity index (χ0n) is 28.8. The third-order valence-electron chi connectivity index (χ3n) is 8.96. The van der Waals surface area contributed by atoms with Gasteiger partial charge in [-0.15, -0.1) is 11.3 Å². The SMILES string of the molecule is COC(=O)CCCCCCOc1cc(-c2scnc2C)ccc1[C@H](C)NC(=O)[C@@H]1C[C@@H](O)CN1C(=O)C(NC(=O)C1(F)CC1)C(C)(C)C. The molecule has 264 valence electrons. The summed E-state index contributed by atoms with van der Waals surface area (Å²) in [5.41, 5.74) is 1.64. The maximum Gasteiger partial charge on any atom is 0.305 e. The molecular weight excluding hydrogens is 639 g/mol. The number of unbranched alkanes of at least 4 members (excludes halogenated alkanes) is 3. The molecule has 0 bridgehead atoms. The number of carbonyl (C=O) groups excluding carboxylic acids is 4. The maximum absolute atomic E-state index is 14.5. The van der Waals surface area contributed by atoms with Crippen LogP contribution in [0.15, 0.2) is 23.7 Å². The zero-order chi connectivity index (χ0) is 35.2. The van der Waals surface area contributed by atoms with E-state index in [0.717, 1.165) is 47.4 Å². The number of hydrogen-bond donors (Lipinski definition) is 3. The minimum atomic E-state index is -1.96. The molecule has 3 amide bonds. The zero-order valence-corrected chi connectivity index (χ0v) is 29.6. The summed E-state index contributed by atoms with van der Waals surface area (Å²) in [4.78, 5) is 58.2. The molecular formula is C35H49FN4O7S. The fourth-order valence-electron chi connectivity index (χ4n) is 5.85. The summed E-state index contributed by atoms with van der Waals surface area (Å²) < 4.78 is 25.5. The van der Waals surface area contributed by atoms with Gasteiger partial charge in [0.25, 0.3) is 5.91 Å². The number of aliphatic hydroxyl groups excluding tert-OH is 1. The number of aliphatic hydroxyl groups is 1. The molecule has 2 heterocycles. The number of ether oxygens (including phenoxy) is 2. The number of esters is 1. The van der Waals surface area contributed by atoms with E-state index >= 15 is 0 Å². The van der Waals surface area contributed by atoms with Crippen LogP contribution < -0.4 is 15.4 Å². The van der Waals surface area contributed by atoms with Gasteiger partial charge in [-0.1, -0.05) is 45.7 Å². The molecule has 11 nitrogen and oxygen atoms in total. The third-order valence-corrected chi connectivity index (χ3v) is 9.93. The molecule has 1 unspecified atom stereocenters. The van der Waals surface area contributed by atoms with Crippen LogP contribution in [-0.4, -0.2) is 82.8 Å². The van der Waals surface area contributed by atoms with Crippen LogP contribution in [0.25, 0.3) is 10.4 Å². The summed E-state index contributed by atoms with van der Waals surface area (Å²) in [7, 11) is 1.38. The predicted molar refractivity (Wildman–Crippen MR) is 180 cm³/mol. The highest BCUT2D eigenvalue weighted by atomic mass is 32.1. The fraction of sp³-hybridized carbons (Fsp3) is 0.629. The molecule has 48 heavy (non-hydrogen) atoms. The quantitative estimate of drug-likeness (QED) is 0.179. The van der Waals surface area contributed by atoms with Crippen molar-refractivity contribution in [3.8, 4) is 16.2 Å². The lowest BCUT2D eigenvalue weighted by Gasteiger charge is -2.35. The Hall–Kier alpha value is -3.58. The highest BCUT2D eigenvalue weighted by molar-refractivity contribution is 7.13. The summed E-state index contributed by atoms with van der Waals surface area (Å²) in [6.45, 7) is 9.42. The number of methoxy groups -OCH3 is 1. The van der Waals surface area contributed by atoms with Crippen molar-refractivity contribution >= 4 is 35.0 Å². The summed E-state index contributed by atoms with van der Waals surface area (Å²) >= 11 is 1.53. The van der Waals surface area contributed by atoms with Gasteiger partial charge >= 0.3 is 5.97 Å². The van der Waals surface area contributed by atoms with Gasteiger partial charge in [-0.25, -0.2) is 9.37 Å². The van der Waals surface area contributed by atoms with Crippen molar-refractivity contribution in [1.82, 2.24) is 20.5 Å². The van der Waals surface area contributed by atoms with Crippen molar-refractivity contribution in [2.24, 2.45) is 5.41 Å². The first-order valence-corrected chi connectivity index (χ1v) is 17.6. The van der Waals surface area contributed by atoms with E-state index in [9.17, 15) is 28.7 Å². The average Bonchev–Trinajstić information content (AvgIpc) is 3.44. The minimum Gasteiger partial charge on any atom is -0.493 e. The lowest BCUT2D eigenvalue weighted by molar-refractivity contribution is -0.145. The molecule has 3 N–H and O–H groups in total. The Morgan fingerprint density at radius 2 is 1.85 bits per heavy atom. The monoisotopic (exact) mass is 688 g/mol. The van der Waals surface area contributed by atoms with Gasteiger partial charge in [0.1, 0.15) is 17.8 Å². The number of halogens is 1. The summed E-state index contributed by atoms with van der Waals surface area (Å²) in [6.07, 6.45) is 2.99. The molecule has 1 saturated carbocycles. The van der Waals surface area contributed by atoms with Crippen LogP contribution in [0.1, 0.15) is 96.4 Å². The summed E-state index contributed by atoms with van der Waals surface area (Å²) in [6, 6.07) is 3.23. The van der Waals surface area contributed by atoms with E-state index in [2.05, 4.69) is 15.6 Å². The highest BCUT2D eigenvalue weighted by Crippen LogP contribution is 2.40. The van der Waals surface area contributed by atoms with Crippen molar-refractivity contribution in [2.75, 3.05) is 20.3 Å². The number of β-amino-alcohol motifs (C(OH)–C–C–N with tert-alkyl or cyclic N) is 1. The molecule has 1 saturated heterocycles. The number of hydrogen-bond acceptors (Lipinski definition) is 9. The first-order valence-electron chi connectivity index (χ1n) is 16.7. The number of rotatable bonds is 15. The van der Waals surface area contributed by atoms with Crippen LogP contribution in [0, 0.1) is 12.3 Å². The normalized spacial score (nSPS) is 19.7. The fourth-order valence-corrected chi connectivity index (χ4v) is 6.65. The van der Waals surface area contributed by atoms with Crippen LogP contribution in [-0.2, 0) is 23.9 Å². The van der Waals surface area contributed by atoms with E-state index in [1.54, 1.807) is 26.3 Å². The van der Waals surface area contributed by atoms with E-state index in [0.29, 0.717) is 18.8 Å². The number of aromatic nitrogens is 1. The van der Waals surface area contributed by atoms with Gasteiger partial charge in [0.2, 0.25) is 11.8 Å². The maximum atomic E-state index is 14.5. The smallest absolute Gasteiger partial charge is 0.305 e. The molecule has 2 aliphatic rings. The number of benzene rings is 1. The molecule has 4 atom stereocenters. The van der Waals surface area contributed by atoms with Crippen molar-refractivity contribution in [1.29, 1.82) is 0 Å². The summed E-state index contributed by atoms with van der Waals surface area (Å²) in [5.74, 6) is -1.42. The standard InChI is InChI=1S/C35H49FN4O7S/c1-21(25-13-12-23(29-22(2)37-20-48-29)17-27(25)47-16-10-8-7-9-11-28(42)46-6)38-31(43)26-18-24(41)19-40(26)32(44)30(34(3,4)5)39-33(45)35(36)14-15-35/h12-13,17,20-21,24,26,30,41H,7-11,14-16,18-19H2,1-6H3,(H,38,43)(H,39,45)/t21-,24+,26-,30?/m0/s1. The number of amides is 3. The number of carbonyl (C=O) groups is 4. The summed E-state index contributed by atoms with van der Waals surface area (Å²) in [5, 5.41) is 16.2. The van der Waals surface area contributed by atoms with Crippen molar-refractivity contribution in [3.63, 3.8) is 0 Å². The number of aryl methyl sites for hydroxylation is 1. The molecule has 13 heteroatoms. The number of likely N-dealkylation sites (tertiary alicyclic amines) is 1. The Balaban J connectivity index is 1.47. The molecule has 1 aliphatic heterocycles. The van der Waals surface area contributed by atoms with Gasteiger partial charge in [0.05, 0.1) is 41.9 Å². The number of nitrogens with zero attached hydrogens (tertiary/aromatic N) is 2. The van der Waals surface area contributed by atoms with Crippen molar-refractivity contribution in [3.05, 3.63) is 35.0 Å². The van der Waals surface area contributed by atoms with Crippen molar-refractivity contribution < 1.29 is 38.1 Å². The van der Waals surface area contributed by atoms with E-state index < -0.39 is 53.0 Å². The third kappa shape index (κ3) is 9.31. The molecule has 4 rings (SSSR count). The lowest BCUT2D eigenvalue weighted by atomic mass is 9.85. The Labute approximate surface area is 286 Å². The van der Waals surface area contributed by atoms with Crippen LogP contribution in [0.2, 0.25) is 0 Å². The second-order valence-corrected chi connectivity index (χ2v) is 14.8. The van der Waals surface area contributed by atoms with E-state index in [-0.39, 0.29) is 31.8 Å². The topological polar surface area (TPSA) is 147 Å². The van der Waals surface area contributed by atoms with Gasteiger partial charge in [0, 0.05) is 24.9 Å². The Morgan fingerprint density at radius 3 is 2.48 bits per heavy atom. The number of alkyl halides is 1. The second-order valence-electron chi connectivity index (χ2n) is 14.0. The average molecular weight is 689 g/mol. The Bertz CT molecular complexity index is 1470. The van der Waals surface area contributed by atoms with Crippen LogP contribution in [0.3, 0.4) is 0 Å². The molecule has 1 aromatic carbocycles. The molecule has 2 aromatic rings. The van der Waals surface area contributed by atoms with Gasteiger partial charge < -0.3 is 30.1 Å². The molecule has 1 aliphatic carbocycles. The van der Waals surface area contributed by atoms with Gasteiger partial charge in [-0.05, 0) is 56.6 Å².